The summed E-state index contributed by atoms with van der Waals surface area (Å²) in [6, 6.07) is 5.68. The van der Waals surface area contributed by atoms with E-state index in [9.17, 15) is 14.0 Å². The molecule has 2 aromatic rings. The molecule has 0 aliphatic carbocycles. The van der Waals surface area contributed by atoms with Crippen LogP contribution >= 0.6 is 11.6 Å². The Morgan fingerprint density at radius 3 is 2.74 bits per heavy atom. The van der Waals surface area contributed by atoms with Gasteiger partial charge in [0.15, 0.2) is 0 Å². The highest BCUT2D eigenvalue weighted by Crippen LogP contribution is 2.17. The van der Waals surface area contributed by atoms with Crippen molar-refractivity contribution < 1.29 is 14.0 Å². The first-order valence-corrected chi connectivity index (χ1v) is 7.28. The molecule has 23 heavy (non-hydrogen) atoms. The molecule has 1 heterocycles. The molecule has 2 N–H and O–H groups in total. The van der Waals surface area contributed by atoms with E-state index < -0.39 is 5.82 Å². The number of halogens is 2. The van der Waals surface area contributed by atoms with Crippen molar-refractivity contribution in [2.45, 2.75) is 13.3 Å². The predicted octanol–water partition coefficient (Wildman–Crippen LogP) is 2.81. The van der Waals surface area contributed by atoms with E-state index >= 15 is 0 Å². The van der Waals surface area contributed by atoms with Crippen molar-refractivity contribution in [2.75, 3.05) is 11.9 Å². The summed E-state index contributed by atoms with van der Waals surface area (Å²) < 4.78 is 13.0. The second-order valence-electron chi connectivity index (χ2n) is 4.89. The molecule has 5 nitrogen and oxygen atoms in total. The van der Waals surface area contributed by atoms with Gasteiger partial charge >= 0.3 is 0 Å². The number of amides is 2. The van der Waals surface area contributed by atoms with Gasteiger partial charge in [-0.15, -0.1) is 0 Å². The van der Waals surface area contributed by atoms with Crippen LogP contribution in [0, 0.1) is 5.82 Å². The molecule has 0 radical (unpaired) electrons. The zero-order valence-corrected chi connectivity index (χ0v) is 13.2. The highest BCUT2D eigenvalue weighted by Gasteiger charge is 2.08. The van der Waals surface area contributed by atoms with Crippen molar-refractivity contribution in [2.24, 2.45) is 0 Å². The zero-order valence-electron chi connectivity index (χ0n) is 12.4. The number of nitrogens with one attached hydrogen (secondary N) is 2. The van der Waals surface area contributed by atoms with Crippen LogP contribution in [0.1, 0.15) is 22.8 Å². The van der Waals surface area contributed by atoms with Gasteiger partial charge in [0.05, 0.1) is 17.4 Å². The maximum absolute atomic E-state index is 13.0. The molecule has 120 valence electrons. The fourth-order valence-corrected chi connectivity index (χ4v) is 2.23. The normalized spacial score (nSPS) is 10.2. The Labute approximate surface area is 137 Å². The van der Waals surface area contributed by atoms with Gasteiger partial charge in [0, 0.05) is 24.7 Å². The molecule has 0 aliphatic rings. The summed E-state index contributed by atoms with van der Waals surface area (Å²) in [6.45, 7) is 1.72. The van der Waals surface area contributed by atoms with E-state index in [0.29, 0.717) is 29.2 Å². The van der Waals surface area contributed by atoms with Crippen molar-refractivity contribution in [3.05, 3.63) is 58.6 Å². The lowest BCUT2D eigenvalue weighted by Crippen LogP contribution is -2.26. The summed E-state index contributed by atoms with van der Waals surface area (Å²) in [5.41, 5.74) is 1.53. The average molecular weight is 336 g/mol. The molecule has 2 rings (SSSR count). The summed E-state index contributed by atoms with van der Waals surface area (Å²) in [4.78, 5) is 27.0. The van der Waals surface area contributed by atoms with Crippen molar-refractivity contribution in [1.82, 2.24) is 10.3 Å². The Balaban J connectivity index is 1.93. The summed E-state index contributed by atoms with van der Waals surface area (Å²) in [5, 5.41) is 5.61. The van der Waals surface area contributed by atoms with Gasteiger partial charge in [-0.05, 0) is 30.2 Å². The zero-order chi connectivity index (χ0) is 16.8. The van der Waals surface area contributed by atoms with Crippen LogP contribution in [0.25, 0.3) is 0 Å². The van der Waals surface area contributed by atoms with Crippen LogP contribution in [-0.2, 0) is 11.2 Å². The molecule has 0 unspecified atom stereocenters. The smallest absolute Gasteiger partial charge is 0.252 e. The van der Waals surface area contributed by atoms with Crippen LogP contribution in [0.2, 0.25) is 5.02 Å². The van der Waals surface area contributed by atoms with E-state index in [1.165, 1.54) is 37.5 Å². The second-order valence-corrected chi connectivity index (χ2v) is 5.29. The standard InChI is InChI=1S/C16H15ClFN3O2/c1-10(22)21-14-6-12(8-19-9-14)16(23)20-5-4-11-2-3-13(18)7-15(11)17/h2-3,6-9H,4-5H2,1H3,(H,20,23)(H,21,22). The molecule has 0 fully saturated rings. The molecule has 0 saturated carbocycles. The van der Waals surface area contributed by atoms with Crippen molar-refractivity contribution in [1.29, 1.82) is 0 Å². The lowest BCUT2D eigenvalue weighted by atomic mass is 10.1. The highest BCUT2D eigenvalue weighted by molar-refractivity contribution is 6.31. The number of nitrogens with zero attached hydrogens (tertiary/aromatic N) is 1. The van der Waals surface area contributed by atoms with Crippen LogP contribution in [0.3, 0.4) is 0 Å². The van der Waals surface area contributed by atoms with Gasteiger partial charge in [0.1, 0.15) is 5.82 Å². The molecular formula is C16H15ClFN3O2. The van der Waals surface area contributed by atoms with Crippen LogP contribution < -0.4 is 10.6 Å². The molecular weight excluding hydrogens is 321 g/mol. The van der Waals surface area contributed by atoms with E-state index in [-0.39, 0.29) is 11.8 Å². The van der Waals surface area contributed by atoms with E-state index in [1.54, 1.807) is 6.07 Å². The lowest BCUT2D eigenvalue weighted by Gasteiger charge is -2.08. The SMILES string of the molecule is CC(=O)Nc1cncc(C(=O)NCCc2ccc(F)cc2Cl)c1. The second kappa shape index (κ2) is 7.69. The highest BCUT2D eigenvalue weighted by atomic mass is 35.5. The Hall–Kier alpha value is -2.47. The topological polar surface area (TPSA) is 71.1 Å². The average Bonchev–Trinajstić information content (AvgIpc) is 2.49. The number of benzene rings is 1. The van der Waals surface area contributed by atoms with Gasteiger partial charge in [0.2, 0.25) is 5.91 Å². The van der Waals surface area contributed by atoms with Crippen LogP contribution in [0.5, 0.6) is 0 Å². The number of hydrogen-bond acceptors (Lipinski definition) is 3. The van der Waals surface area contributed by atoms with E-state index in [2.05, 4.69) is 15.6 Å². The van der Waals surface area contributed by atoms with Gasteiger partial charge in [-0.25, -0.2) is 4.39 Å². The van der Waals surface area contributed by atoms with Crippen molar-refractivity contribution >= 4 is 29.1 Å². The summed E-state index contributed by atoms with van der Waals surface area (Å²) in [6.07, 6.45) is 3.34. The molecule has 1 aromatic carbocycles. The Morgan fingerprint density at radius 2 is 2.04 bits per heavy atom. The number of anilines is 1. The first kappa shape index (κ1) is 16.9. The lowest BCUT2D eigenvalue weighted by molar-refractivity contribution is -0.114. The summed E-state index contributed by atoms with van der Waals surface area (Å²) in [7, 11) is 0. The Bertz CT molecular complexity index is 737. The summed E-state index contributed by atoms with van der Waals surface area (Å²) in [5.74, 6) is -0.957. The molecule has 0 spiro atoms. The molecule has 2 amide bonds. The predicted molar refractivity (Wildman–Crippen MR) is 86.0 cm³/mol. The molecule has 0 saturated heterocycles. The monoisotopic (exact) mass is 335 g/mol. The summed E-state index contributed by atoms with van der Waals surface area (Å²) >= 11 is 5.93. The van der Waals surface area contributed by atoms with Crippen LogP contribution in [0.4, 0.5) is 10.1 Å². The van der Waals surface area contributed by atoms with Crippen molar-refractivity contribution in [3.8, 4) is 0 Å². The number of hydrogen-bond donors (Lipinski definition) is 2. The number of pyridine rings is 1. The maximum Gasteiger partial charge on any atom is 0.252 e. The third kappa shape index (κ3) is 5.03. The Kier molecular flexibility index (Phi) is 5.65. The largest absolute Gasteiger partial charge is 0.352 e. The van der Waals surface area contributed by atoms with E-state index in [4.69, 9.17) is 11.6 Å². The first-order valence-electron chi connectivity index (χ1n) is 6.90. The Morgan fingerprint density at radius 1 is 1.26 bits per heavy atom. The number of aromatic nitrogens is 1. The van der Waals surface area contributed by atoms with Crippen LogP contribution in [-0.4, -0.2) is 23.3 Å². The van der Waals surface area contributed by atoms with Gasteiger partial charge in [-0.3, -0.25) is 14.6 Å². The van der Waals surface area contributed by atoms with E-state index in [0.717, 1.165) is 5.56 Å². The fraction of sp³-hybridized carbons (Fsp3) is 0.188. The molecule has 7 heteroatoms. The van der Waals surface area contributed by atoms with Crippen LogP contribution in [0.15, 0.2) is 36.7 Å². The van der Waals surface area contributed by atoms with Gasteiger partial charge in [-0.1, -0.05) is 17.7 Å². The molecule has 0 atom stereocenters. The minimum absolute atomic E-state index is 0.240. The van der Waals surface area contributed by atoms with Gasteiger partial charge in [0.25, 0.3) is 5.91 Å². The third-order valence-electron chi connectivity index (χ3n) is 3.02. The van der Waals surface area contributed by atoms with Gasteiger partial charge in [-0.2, -0.15) is 0 Å². The van der Waals surface area contributed by atoms with Crippen molar-refractivity contribution in [3.63, 3.8) is 0 Å². The minimum Gasteiger partial charge on any atom is -0.352 e. The number of carbonyl (C=O) groups is 2. The third-order valence-corrected chi connectivity index (χ3v) is 3.37. The van der Waals surface area contributed by atoms with E-state index in [1.807, 2.05) is 0 Å². The van der Waals surface area contributed by atoms with Gasteiger partial charge < -0.3 is 10.6 Å². The fourth-order valence-electron chi connectivity index (χ4n) is 1.97. The number of carbonyl (C=O) groups excluding carboxylic acids is 2. The number of rotatable bonds is 5. The maximum atomic E-state index is 13.0. The first-order chi connectivity index (χ1) is 11.0. The minimum atomic E-state index is -0.399. The molecule has 1 aromatic heterocycles. The molecule has 0 aliphatic heterocycles. The molecule has 0 bridgehead atoms. The quantitative estimate of drug-likeness (QED) is 0.882.